The summed E-state index contributed by atoms with van der Waals surface area (Å²) < 4.78 is 11.0. The molecule has 238 valence electrons. The maximum atomic E-state index is 13.7. The number of nitriles is 1. The first kappa shape index (κ1) is 32.0. The van der Waals surface area contributed by atoms with Crippen LogP contribution in [0.4, 0.5) is 22.2 Å². The third kappa shape index (κ3) is 7.99. The molecule has 3 aromatic carbocycles. The van der Waals surface area contributed by atoms with Gasteiger partial charge in [0, 0.05) is 50.2 Å². The molecule has 0 saturated carbocycles. The number of methoxy groups -OCH3 is 1. The van der Waals surface area contributed by atoms with E-state index in [0.717, 1.165) is 22.9 Å². The summed E-state index contributed by atoms with van der Waals surface area (Å²) in [6.45, 7) is 2.54. The van der Waals surface area contributed by atoms with Crippen LogP contribution in [0, 0.1) is 11.3 Å². The number of fused-ring (bicyclic) bond motifs is 1. The monoisotopic (exact) mass is 622 g/mol. The molecule has 2 heterocycles. The molecule has 5 rings (SSSR count). The van der Waals surface area contributed by atoms with Crippen molar-refractivity contribution in [3.05, 3.63) is 84.1 Å². The molecule has 12 nitrogen and oxygen atoms in total. The van der Waals surface area contributed by atoms with Gasteiger partial charge in [0.05, 0.1) is 31.3 Å². The van der Waals surface area contributed by atoms with Gasteiger partial charge in [-0.25, -0.2) is 9.78 Å². The van der Waals surface area contributed by atoms with Crippen LogP contribution in [0.25, 0.3) is 10.8 Å². The normalized spacial score (nSPS) is 14.5. The Morgan fingerprint density at radius 2 is 1.83 bits per heavy atom. The smallest absolute Gasteiger partial charge is 0.410 e. The Hall–Kier alpha value is -5.41. The van der Waals surface area contributed by atoms with Crippen molar-refractivity contribution < 1.29 is 19.1 Å². The number of carbonyl (C=O) groups is 2. The lowest BCUT2D eigenvalue weighted by molar-refractivity contribution is 0.0768. The highest BCUT2D eigenvalue weighted by molar-refractivity contribution is 6.09. The van der Waals surface area contributed by atoms with Crippen LogP contribution in [0.3, 0.4) is 0 Å². The molecule has 12 heteroatoms. The first-order valence-corrected chi connectivity index (χ1v) is 15.1. The number of piperazine rings is 1. The molecule has 0 radical (unpaired) electrons. The van der Waals surface area contributed by atoms with Crippen molar-refractivity contribution in [3.63, 3.8) is 0 Å². The van der Waals surface area contributed by atoms with Gasteiger partial charge >= 0.3 is 6.09 Å². The lowest BCUT2D eigenvalue weighted by Crippen LogP contribution is -2.55. The summed E-state index contributed by atoms with van der Waals surface area (Å²) in [5, 5.41) is 17.6. The molecule has 0 spiro atoms. The minimum atomic E-state index is -0.469. The molecule has 0 aliphatic carbocycles. The summed E-state index contributed by atoms with van der Waals surface area (Å²) in [6.07, 6.45) is -0.352. The summed E-state index contributed by atoms with van der Waals surface area (Å²) in [6, 6.07) is 24.3. The highest BCUT2D eigenvalue weighted by Crippen LogP contribution is 2.30. The minimum Gasteiger partial charge on any atom is -0.497 e. The average molecular weight is 623 g/mol. The molecule has 0 unspecified atom stereocenters. The fourth-order valence-electron chi connectivity index (χ4n) is 5.26. The number of nitrogens with one attached hydrogen (secondary N) is 2. The number of benzene rings is 3. The molecule has 2 N–H and O–H groups in total. The molecule has 0 bridgehead atoms. The Labute approximate surface area is 268 Å². The topological polar surface area (TPSA) is 136 Å². The van der Waals surface area contributed by atoms with E-state index in [4.69, 9.17) is 14.5 Å². The predicted molar refractivity (Wildman–Crippen MR) is 177 cm³/mol. The number of rotatable bonds is 11. The third-order valence-electron chi connectivity index (χ3n) is 7.68. The van der Waals surface area contributed by atoms with Gasteiger partial charge in [-0.3, -0.25) is 4.79 Å². The van der Waals surface area contributed by atoms with Crippen LogP contribution >= 0.6 is 0 Å². The predicted octanol–water partition coefficient (Wildman–Crippen LogP) is 4.61. The highest BCUT2D eigenvalue weighted by Gasteiger charge is 2.32. The second-order valence-electron chi connectivity index (χ2n) is 11.2. The molecule has 1 atom stereocenters. The first-order valence-electron chi connectivity index (χ1n) is 15.1. The van der Waals surface area contributed by atoms with Gasteiger partial charge in [-0.2, -0.15) is 10.2 Å². The van der Waals surface area contributed by atoms with Gasteiger partial charge in [0.1, 0.15) is 23.9 Å². The van der Waals surface area contributed by atoms with Crippen LogP contribution in [-0.4, -0.2) is 91.7 Å². The van der Waals surface area contributed by atoms with Gasteiger partial charge in [-0.15, -0.1) is 0 Å². The molecule has 1 aliphatic rings. The van der Waals surface area contributed by atoms with E-state index in [9.17, 15) is 14.9 Å². The SMILES string of the molecule is COc1cc(NC(=O)c2cc(N3CCN(C(=O)OCc4ccccc4)[C@@H](CC#N)C3)nc(NCCN(C)C)n2)c2ccccc2c1. The summed E-state index contributed by atoms with van der Waals surface area (Å²) in [4.78, 5) is 41.6. The van der Waals surface area contributed by atoms with Crippen LogP contribution in [0.15, 0.2) is 72.8 Å². The summed E-state index contributed by atoms with van der Waals surface area (Å²) >= 11 is 0. The van der Waals surface area contributed by atoms with E-state index >= 15 is 0 Å². The summed E-state index contributed by atoms with van der Waals surface area (Å²) in [5.41, 5.74) is 1.65. The number of hydrogen-bond donors (Lipinski definition) is 2. The molecular weight excluding hydrogens is 584 g/mol. The van der Waals surface area contributed by atoms with Gasteiger partial charge in [-0.05, 0) is 31.1 Å². The average Bonchev–Trinajstić information content (AvgIpc) is 3.07. The van der Waals surface area contributed by atoms with E-state index in [1.54, 1.807) is 24.1 Å². The standard InChI is InChI=1S/C34H38N8O4/c1-40(2)16-15-36-33-38-30(32(43)37-29-20-27(45-3)19-25-11-7-8-12-28(25)29)21-31(39-33)41-17-18-42(26(22-41)13-14-35)34(44)46-23-24-9-5-4-6-10-24/h4-12,19-21,26H,13,15-18,22-23H2,1-3H3,(H,37,43)(H,36,38,39)/t26-/m0/s1. The van der Waals surface area contributed by atoms with Crippen molar-refractivity contribution in [2.75, 3.05) is 69.5 Å². The van der Waals surface area contributed by atoms with Crippen molar-refractivity contribution in [2.24, 2.45) is 0 Å². The number of carbonyl (C=O) groups excluding carboxylic acids is 2. The number of anilines is 3. The Morgan fingerprint density at radius 3 is 2.59 bits per heavy atom. The zero-order valence-corrected chi connectivity index (χ0v) is 26.3. The first-order chi connectivity index (χ1) is 22.3. The van der Waals surface area contributed by atoms with E-state index in [2.05, 4.69) is 21.7 Å². The van der Waals surface area contributed by atoms with Gasteiger partial charge in [0.25, 0.3) is 5.91 Å². The van der Waals surface area contributed by atoms with Crippen molar-refractivity contribution >= 4 is 40.2 Å². The Balaban J connectivity index is 1.38. The molecule has 46 heavy (non-hydrogen) atoms. The van der Waals surface area contributed by atoms with Gasteiger partial charge in [-0.1, -0.05) is 54.6 Å². The number of hydrogen-bond acceptors (Lipinski definition) is 10. The van der Waals surface area contributed by atoms with E-state index in [-0.39, 0.29) is 18.7 Å². The van der Waals surface area contributed by atoms with Gasteiger partial charge < -0.3 is 34.8 Å². The molecule has 1 aromatic heterocycles. The van der Waals surface area contributed by atoms with Crippen LogP contribution in [0.5, 0.6) is 5.75 Å². The lowest BCUT2D eigenvalue weighted by Gasteiger charge is -2.40. The Kier molecular flexibility index (Phi) is 10.5. The molecular formula is C34H38N8O4. The van der Waals surface area contributed by atoms with Gasteiger partial charge in [0.15, 0.2) is 0 Å². The maximum Gasteiger partial charge on any atom is 0.410 e. The Bertz CT molecular complexity index is 1710. The number of amides is 2. The quantitative estimate of drug-likeness (QED) is 0.244. The highest BCUT2D eigenvalue weighted by atomic mass is 16.6. The van der Waals surface area contributed by atoms with E-state index in [1.165, 1.54) is 0 Å². The van der Waals surface area contributed by atoms with Crippen LogP contribution < -0.4 is 20.3 Å². The molecule has 2 amide bonds. The van der Waals surface area contributed by atoms with Crippen molar-refractivity contribution in [3.8, 4) is 11.8 Å². The van der Waals surface area contributed by atoms with E-state index in [0.29, 0.717) is 49.4 Å². The zero-order valence-electron chi connectivity index (χ0n) is 26.3. The molecule has 4 aromatic rings. The molecule has 1 aliphatic heterocycles. The van der Waals surface area contributed by atoms with Crippen LogP contribution in [0.1, 0.15) is 22.5 Å². The van der Waals surface area contributed by atoms with Crippen molar-refractivity contribution in [1.82, 2.24) is 19.8 Å². The number of ether oxygens (including phenoxy) is 2. The Morgan fingerprint density at radius 1 is 1.04 bits per heavy atom. The number of aromatic nitrogens is 2. The summed E-state index contributed by atoms with van der Waals surface area (Å²) in [7, 11) is 5.52. The van der Waals surface area contributed by atoms with E-state index < -0.39 is 18.0 Å². The number of nitrogens with zero attached hydrogens (tertiary/aromatic N) is 6. The second-order valence-corrected chi connectivity index (χ2v) is 11.2. The van der Waals surface area contributed by atoms with Crippen molar-refractivity contribution in [2.45, 2.75) is 19.1 Å². The number of likely N-dealkylation sites (N-methyl/N-ethyl adjacent to an activating group) is 1. The largest absolute Gasteiger partial charge is 0.497 e. The second kappa shape index (κ2) is 15.0. The van der Waals surface area contributed by atoms with Crippen LogP contribution in [0.2, 0.25) is 0 Å². The molecule has 1 fully saturated rings. The molecule has 1 saturated heterocycles. The third-order valence-corrected chi connectivity index (χ3v) is 7.68. The van der Waals surface area contributed by atoms with E-state index in [1.807, 2.05) is 84.6 Å². The minimum absolute atomic E-state index is 0.117. The maximum absolute atomic E-state index is 13.7. The van der Waals surface area contributed by atoms with Crippen LogP contribution in [-0.2, 0) is 11.3 Å². The fraction of sp³-hybridized carbons (Fsp3) is 0.324. The van der Waals surface area contributed by atoms with Gasteiger partial charge in [0.2, 0.25) is 5.95 Å². The zero-order chi connectivity index (χ0) is 32.5. The summed E-state index contributed by atoms with van der Waals surface area (Å²) in [5.74, 6) is 1.03. The van der Waals surface area contributed by atoms with Crippen molar-refractivity contribution in [1.29, 1.82) is 5.26 Å². The lowest BCUT2D eigenvalue weighted by atomic mass is 10.1. The fourth-order valence-corrected chi connectivity index (χ4v) is 5.26.